The van der Waals surface area contributed by atoms with Crippen LogP contribution in [0.5, 0.6) is 0 Å². The van der Waals surface area contributed by atoms with Crippen molar-refractivity contribution in [3.8, 4) is 6.19 Å². The van der Waals surface area contributed by atoms with Crippen LogP contribution in [-0.4, -0.2) is 25.3 Å². The second-order valence-electron chi connectivity index (χ2n) is 1.45. The van der Waals surface area contributed by atoms with Gasteiger partial charge in [0.05, 0.1) is 0 Å². The molecule has 0 amide bonds. The second kappa shape index (κ2) is 3.58. The molecule has 0 radical (unpaired) electrons. The summed E-state index contributed by atoms with van der Waals surface area (Å²) < 4.78 is 21.2. The Kier molecular flexibility index (Phi) is 3.39. The Balaban J connectivity index is 4.77. The molecule has 0 aromatic carbocycles. The van der Waals surface area contributed by atoms with Gasteiger partial charge >= 0.3 is 0 Å². The van der Waals surface area contributed by atoms with Gasteiger partial charge in [0, 0.05) is 6.26 Å². The van der Waals surface area contributed by atoms with E-state index >= 15 is 0 Å². The molecule has 0 heterocycles. The third-order valence-corrected chi connectivity index (χ3v) is 3.21. The van der Waals surface area contributed by atoms with E-state index in [0.29, 0.717) is 0 Å². The molecule has 0 aliphatic rings. The summed E-state index contributed by atoms with van der Waals surface area (Å²) in [5, 5.41) is 8.02. The molecule has 0 aliphatic heterocycles. The number of aliphatic imine (C=N–C) groups is 1. The minimum absolute atomic E-state index is 0.144. The van der Waals surface area contributed by atoms with Gasteiger partial charge in [-0.15, -0.1) is 0 Å². The Morgan fingerprint density at radius 1 is 1.70 bits per heavy atom. The topological polar surface area (TPSA) is 70.3 Å². The van der Waals surface area contributed by atoms with Crippen molar-refractivity contribution >= 4 is 26.0 Å². The Hall–Kier alpha value is -0.540. The molecule has 0 aromatic heterocycles. The number of sulfone groups is 1. The van der Waals surface area contributed by atoms with Gasteiger partial charge in [0.25, 0.3) is 0 Å². The van der Waals surface area contributed by atoms with Crippen LogP contribution < -0.4 is 0 Å². The number of hydrogen-bond donors (Lipinski definition) is 0. The molecule has 0 atom stereocenters. The van der Waals surface area contributed by atoms with E-state index in [9.17, 15) is 8.42 Å². The Morgan fingerprint density at radius 2 is 2.20 bits per heavy atom. The van der Waals surface area contributed by atoms with E-state index in [2.05, 4.69) is 4.99 Å². The van der Waals surface area contributed by atoms with Crippen LogP contribution in [0.2, 0.25) is 0 Å². The molecule has 4 nitrogen and oxygen atoms in total. The van der Waals surface area contributed by atoms with Gasteiger partial charge in [0.1, 0.15) is 0 Å². The minimum Gasteiger partial charge on any atom is -0.222 e. The first kappa shape index (κ1) is 9.46. The highest BCUT2D eigenvalue weighted by Crippen LogP contribution is 2.04. The van der Waals surface area contributed by atoms with Gasteiger partial charge in [-0.05, 0) is 6.26 Å². The highest BCUT2D eigenvalue weighted by Gasteiger charge is 2.10. The molecule has 0 N–H and O–H groups in total. The Morgan fingerprint density at radius 3 is 2.30 bits per heavy atom. The van der Waals surface area contributed by atoms with Gasteiger partial charge in [-0.3, -0.25) is 0 Å². The van der Waals surface area contributed by atoms with Crippen molar-refractivity contribution in [3.63, 3.8) is 0 Å². The zero-order valence-corrected chi connectivity index (χ0v) is 7.16. The Bertz CT molecular complexity index is 272. The summed E-state index contributed by atoms with van der Waals surface area (Å²) in [6.07, 6.45) is 3.98. The van der Waals surface area contributed by atoms with Crippen molar-refractivity contribution in [2.24, 2.45) is 4.99 Å². The van der Waals surface area contributed by atoms with Gasteiger partial charge in [-0.2, -0.15) is 10.3 Å². The quantitative estimate of drug-likeness (QED) is 0.302. The van der Waals surface area contributed by atoms with Crippen molar-refractivity contribution < 1.29 is 8.42 Å². The normalized spacial score (nSPS) is 12.7. The first-order valence-corrected chi connectivity index (χ1v) is 5.35. The van der Waals surface area contributed by atoms with Gasteiger partial charge in [0.15, 0.2) is 9.84 Å². The number of thioether (sulfide) groups is 1. The molecular formula is C4H6N2O2S2. The van der Waals surface area contributed by atoms with E-state index in [1.54, 1.807) is 6.26 Å². The lowest BCUT2D eigenvalue weighted by atomic mass is 11.3. The molecule has 0 bridgehead atoms. The lowest BCUT2D eigenvalue weighted by Crippen LogP contribution is -2.07. The van der Waals surface area contributed by atoms with Gasteiger partial charge in [-0.25, -0.2) is 8.42 Å². The highest BCUT2D eigenvalue weighted by atomic mass is 32.3. The third-order valence-electron chi connectivity index (χ3n) is 0.633. The van der Waals surface area contributed by atoms with Crippen molar-refractivity contribution in [1.82, 2.24) is 0 Å². The van der Waals surface area contributed by atoms with Gasteiger partial charge < -0.3 is 0 Å². The number of rotatable bonds is 0. The van der Waals surface area contributed by atoms with Gasteiger partial charge in [-0.1, -0.05) is 11.8 Å². The van der Waals surface area contributed by atoms with Crippen molar-refractivity contribution in [3.05, 3.63) is 0 Å². The summed E-state index contributed by atoms with van der Waals surface area (Å²) in [6.45, 7) is 0. The standard InChI is InChI=1S/C4H6N2O2S2/c1-9-4(6-3-5)10(2,7)8/h1-2H3/b6-4+. The SMILES string of the molecule is CS/C(=N\C#N)S(C)(=O)=O. The molecule has 0 aliphatic carbocycles. The molecule has 56 valence electrons. The van der Waals surface area contributed by atoms with Crippen LogP contribution in [-0.2, 0) is 9.84 Å². The molecule has 0 rings (SSSR count). The molecule has 0 saturated carbocycles. The van der Waals surface area contributed by atoms with Gasteiger partial charge in [0.2, 0.25) is 10.6 Å². The summed E-state index contributed by atoms with van der Waals surface area (Å²) in [7, 11) is -3.29. The highest BCUT2D eigenvalue weighted by molar-refractivity contribution is 8.34. The summed E-state index contributed by atoms with van der Waals surface area (Å²) in [5.41, 5.74) is 0. The van der Waals surface area contributed by atoms with E-state index in [4.69, 9.17) is 5.26 Å². The molecule has 0 aromatic rings. The van der Waals surface area contributed by atoms with Crippen molar-refractivity contribution in [1.29, 1.82) is 5.26 Å². The fourth-order valence-electron chi connectivity index (χ4n) is 0.321. The van der Waals surface area contributed by atoms with E-state index < -0.39 is 9.84 Å². The van der Waals surface area contributed by atoms with Crippen molar-refractivity contribution in [2.45, 2.75) is 0 Å². The fraction of sp³-hybridized carbons (Fsp3) is 0.500. The predicted molar refractivity (Wildman–Crippen MR) is 41.4 cm³/mol. The zero-order chi connectivity index (χ0) is 8.20. The first-order valence-electron chi connectivity index (χ1n) is 2.23. The van der Waals surface area contributed by atoms with Crippen LogP contribution in [0.3, 0.4) is 0 Å². The molecule has 6 heteroatoms. The molecule has 0 fully saturated rings. The zero-order valence-electron chi connectivity index (χ0n) is 5.53. The van der Waals surface area contributed by atoms with Crippen LogP contribution >= 0.6 is 11.8 Å². The van der Waals surface area contributed by atoms with E-state index in [-0.39, 0.29) is 4.38 Å². The van der Waals surface area contributed by atoms with E-state index in [1.165, 1.54) is 6.19 Å². The summed E-state index contributed by atoms with van der Waals surface area (Å²) in [6, 6.07) is 0. The summed E-state index contributed by atoms with van der Waals surface area (Å²) >= 11 is 0.941. The first-order chi connectivity index (χ1) is 4.52. The van der Waals surface area contributed by atoms with E-state index in [0.717, 1.165) is 18.0 Å². The molecule has 0 unspecified atom stereocenters. The van der Waals surface area contributed by atoms with Crippen LogP contribution in [0.1, 0.15) is 0 Å². The average molecular weight is 178 g/mol. The molecule has 0 saturated heterocycles. The minimum atomic E-state index is -3.29. The number of nitriles is 1. The van der Waals surface area contributed by atoms with Crippen LogP contribution in [0.15, 0.2) is 4.99 Å². The Labute approximate surface area is 63.9 Å². The summed E-state index contributed by atoms with van der Waals surface area (Å²) in [5.74, 6) is 0. The average Bonchev–Trinajstić information content (AvgIpc) is 1.80. The van der Waals surface area contributed by atoms with Crippen LogP contribution in [0.4, 0.5) is 0 Å². The smallest absolute Gasteiger partial charge is 0.207 e. The third kappa shape index (κ3) is 2.85. The second-order valence-corrected chi connectivity index (χ2v) is 4.44. The lowest BCUT2D eigenvalue weighted by molar-refractivity contribution is 0.613. The fourth-order valence-corrected chi connectivity index (χ4v) is 1.87. The van der Waals surface area contributed by atoms with Crippen LogP contribution in [0, 0.1) is 11.5 Å². The maximum Gasteiger partial charge on any atom is 0.207 e. The monoisotopic (exact) mass is 178 g/mol. The van der Waals surface area contributed by atoms with E-state index in [1.807, 2.05) is 0 Å². The molecule has 0 spiro atoms. The summed E-state index contributed by atoms with van der Waals surface area (Å²) in [4.78, 5) is 3.11. The molecular weight excluding hydrogens is 172 g/mol. The number of nitrogens with zero attached hydrogens (tertiary/aromatic N) is 2. The van der Waals surface area contributed by atoms with Crippen molar-refractivity contribution in [2.75, 3.05) is 12.5 Å². The lowest BCUT2D eigenvalue weighted by Gasteiger charge is -1.93. The molecule has 10 heavy (non-hydrogen) atoms. The largest absolute Gasteiger partial charge is 0.222 e. The predicted octanol–water partition coefficient (Wildman–Crippen LogP) is 0.231. The maximum atomic E-state index is 10.6. The number of hydrogen-bond acceptors (Lipinski definition) is 5. The maximum absolute atomic E-state index is 10.6. The van der Waals surface area contributed by atoms with Crippen LogP contribution in [0.25, 0.3) is 0 Å².